The van der Waals surface area contributed by atoms with Gasteiger partial charge in [0.25, 0.3) is 5.91 Å². The predicted octanol–water partition coefficient (Wildman–Crippen LogP) is 2.75. The van der Waals surface area contributed by atoms with Gasteiger partial charge in [0.15, 0.2) is 12.7 Å². The van der Waals surface area contributed by atoms with Crippen molar-refractivity contribution >= 4 is 33.5 Å². The Hall–Kier alpha value is -2.35. The molecule has 1 amide bonds. The van der Waals surface area contributed by atoms with E-state index in [2.05, 4.69) is 26.3 Å². The molecule has 0 spiro atoms. The van der Waals surface area contributed by atoms with Crippen molar-refractivity contribution in [3.8, 4) is 5.75 Å². The lowest BCUT2D eigenvalue weighted by Gasteiger charge is -2.14. The van der Waals surface area contributed by atoms with E-state index < -0.39 is 18.0 Å². The van der Waals surface area contributed by atoms with E-state index >= 15 is 0 Å². The molecular formula is C17H20BrN3O4. The third-order valence-electron chi connectivity index (χ3n) is 3.60. The molecule has 1 N–H and O–H groups in total. The number of anilines is 1. The Morgan fingerprint density at radius 2 is 1.92 bits per heavy atom. The maximum Gasteiger partial charge on any atom is 0.344 e. The maximum absolute atomic E-state index is 12.2. The van der Waals surface area contributed by atoms with Crippen LogP contribution in [0.2, 0.25) is 0 Å². The Morgan fingerprint density at radius 3 is 2.48 bits per heavy atom. The summed E-state index contributed by atoms with van der Waals surface area (Å²) in [7, 11) is 1.79. The van der Waals surface area contributed by atoms with Gasteiger partial charge in [0.2, 0.25) is 0 Å². The summed E-state index contributed by atoms with van der Waals surface area (Å²) in [6.07, 6.45) is -0.944. The van der Waals surface area contributed by atoms with E-state index in [0.29, 0.717) is 17.1 Å². The van der Waals surface area contributed by atoms with Gasteiger partial charge in [0, 0.05) is 11.5 Å². The molecule has 7 nitrogen and oxygen atoms in total. The third kappa shape index (κ3) is 5.06. The molecule has 2 aromatic rings. The molecule has 0 bridgehead atoms. The van der Waals surface area contributed by atoms with Crippen molar-refractivity contribution in [2.24, 2.45) is 7.05 Å². The first-order valence-corrected chi connectivity index (χ1v) is 8.46. The Labute approximate surface area is 154 Å². The quantitative estimate of drug-likeness (QED) is 0.741. The van der Waals surface area contributed by atoms with Crippen molar-refractivity contribution in [3.63, 3.8) is 0 Å². The van der Waals surface area contributed by atoms with Crippen molar-refractivity contribution < 1.29 is 19.1 Å². The van der Waals surface area contributed by atoms with Crippen LogP contribution in [0.4, 0.5) is 5.69 Å². The number of nitrogens with zero attached hydrogens (tertiary/aromatic N) is 2. The van der Waals surface area contributed by atoms with Gasteiger partial charge in [-0.25, -0.2) is 4.79 Å². The van der Waals surface area contributed by atoms with Crippen LogP contribution in [0, 0.1) is 13.8 Å². The molecule has 0 unspecified atom stereocenters. The molecule has 0 saturated carbocycles. The lowest BCUT2D eigenvalue weighted by molar-refractivity contribution is -0.155. The lowest BCUT2D eigenvalue weighted by Crippen LogP contribution is -2.32. The zero-order chi connectivity index (χ0) is 18.6. The molecule has 2 rings (SSSR count). The number of carbonyl (C=O) groups excluding carboxylic acids is 2. The van der Waals surface area contributed by atoms with Gasteiger partial charge in [-0.2, -0.15) is 5.10 Å². The van der Waals surface area contributed by atoms with Crippen molar-refractivity contribution in [1.29, 1.82) is 0 Å². The number of hydrogen-bond donors (Lipinski definition) is 1. The number of aromatic nitrogens is 2. The molecular weight excluding hydrogens is 390 g/mol. The first kappa shape index (κ1) is 19.0. The molecule has 134 valence electrons. The highest BCUT2D eigenvalue weighted by Crippen LogP contribution is 2.19. The van der Waals surface area contributed by atoms with E-state index in [4.69, 9.17) is 9.47 Å². The van der Waals surface area contributed by atoms with Crippen LogP contribution in [0.5, 0.6) is 5.75 Å². The van der Waals surface area contributed by atoms with Gasteiger partial charge in [-0.3, -0.25) is 9.48 Å². The Morgan fingerprint density at radius 1 is 1.28 bits per heavy atom. The summed E-state index contributed by atoms with van der Waals surface area (Å²) in [5.41, 5.74) is 2.15. The average Bonchev–Trinajstić information content (AvgIpc) is 2.80. The lowest BCUT2D eigenvalue weighted by atomic mass is 10.3. The van der Waals surface area contributed by atoms with Crippen LogP contribution in [0.25, 0.3) is 0 Å². The number of halogens is 1. The highest BCUT2D eigenvalue weighted by Gasteiger charge is 2.21. The molecule has 25 heavy (non-hydrogen) atoms. The minimum absolute atomic E-state index is 0.274. The molecule has 0 saturated heterocycles. The number of ether oxygens (including phenoxy) is 2. The summed E-state index contributed by atoms with van der Waals surface area (Å²) in [6, 6.07) is 7.05. The Balaban J connectivity index is 1.85. The van der Waals surface area contributed by atoms with Gasteiger partial charge in [-0.15, -0.1) is 0 Å². The number of carbonyl (C=O) groups is 2. The molecule has 1 aromatic carbocycles. The van der Waals surface area contributed by atoms with Crippen LogP contribution in [0.15, 0.2) is 28.7 Å². The topological polar surface area (TPSA) is 82.5 Å². The Bertz CT molecular complexity index is 771. The highest BCUT2D eigenvalue weighted by molar-refractivity contribution is 9.10. The van der Waals surface area contributed by atoms with Crippen LogP contribution in [-0.4, -0.2) is 34.4 Å². The zero-order valence-corrected chi connectivity index (χ0v) is 16.1. The van der Waals surface area contributed by atoms with Gasteiger partial charge < -0.3 is 14.8 Å². The van der Waals surface area contributed by atoms with Gasteiger partial charge in [0.05, 0.1) is 17.1 Å². The van der Waals surface area contributed by atoms with Crippen LogP contribution < -0.4 is 10.1 Å². The normalized spacial score (nSPS) is 11.7. The Kier molecular flexibility index (Phi) is 6.19. The van der Waals surface area contributed by atoms with Gasteiger partial charge in [0.1, 0.15) is 5.75 Å². The number of amides is 1. The molecule has 0 aliphatic carbocycles. The highest BCUT2D eigenvalue weighted by atomic mass is 79.9. The van der Waals surface area contributed by atoms with E-state index in [1.165, 1.54) is 6.92 Å². The van der Waals surface area contributed by atoms with E-state index in [0.717, 1.165) is 10.2 Å². The molecule has 1 atom stereocenters. The smallest absolute Gasteiger partial charge is 0.344 e. The minimum Gasteiger partial charge on any atom is -0.482 e. The molecule has 0 radical (unpaired) electrons. The maximum atomic E-state index is 12.2. The van der Waals surface area contributed by atoms with Crippen molar-refractivity contribution in [2.45, 2.75) is 26.9 Å². The molecule has 1 heterocycles. The van der Waals surface area contributed by atoms with E-state index in [1.54, 1.807) is 42.9 Å². The molecule has 0 aliphatic rings. The second kappa shape index (κ2) is 8.15. The van der Waals surface area contributed by atoms with E-state index in [-0.39, 0.29) is 6.61 Å². The molecule has 0 aliphatic heterocycles. The fourth-order valence-electron chi connectivity index (χ4n) is 2.14. The average molecular weight is 410 g/mol. The second-order valence-electron chi connectivity index (χ2n) is 5.53. The first-order chi connectivity index (χ1) is 11.8. The fraction of sp³-hybridized carbons (Fsp3) is 0.353. The number of rotatable bonds is 6. The van der Waals surface area contributed by atoms with Crippen LogP contribution in [0.3, 0.4) is 0 Å². The van der Waals surface area contributed by atoms with Gasteiger partial charge in [-0.1, -0.05) is 15.9 Å². The largest absolute Gasteiger partial charge is 0.482 e. The minimum atomic E-state index is -0.944. The van der Waals surface area contributed by atoms with Gasteiger partial charge >= 0.3 is 5.97 Å². The summed E-state index contributed by atoms with van der Waals surface area (Å²) in [4.78, 5) is 24.0. The van der Waals surface area contributed by atoms with Crippen molar-refractivity contribution in [2.75, 3.05) is 11.9 Å². The zero-order valence-electron chi connectivity index (χ0n) is 14.5. The summed E-state index contributed by atoms with van der Waals surface area (Å²) < 4.78 is 13.0. The van der Waals surface area contributed by atoms with Gasteiger partial charge in [-0.05, 0) is 45.0 Å². The monoisotopic (exact) mass is 409 g/mol. The first-order valence-electron chi connectivity index (χ1n) is 7.67. The van der Waals surface area contributed by atoms with Crippen molar-refractivity contribution in [3.05, 3.63) is 40.1 Å². The van der Waals surface area contributed by atoms with E-state index in [9.17, 15) is 9.59 Å². The number of nitrogens with one attached hydrogen (secondary N) is 1. The van der Waals surface area contributed by atoms with Crippen LogP contribution in [-0.2, 0) is 21.4 Å². The molecule has 8 heteroatoms. The third-order valence-corrected chi connectivity index (χ3v) is 4.13. The van der Waals surface area contributed by atoms with Crippen LogP contribution in [0.1, 0.15) is 18.3 Å². The number of aryl methyl sites for hydroxylation is 2. The van der Waals surface area contributed by atoms with Crippen LogP contribution >= 0.6 is 15.9 Å². The fourth-order valence-corrected chi connectivity index (χ4v) is 2.40. The predicted molar refractivity (Wildman–Crippen MR) is 96.5 cm³/mol. The number of benzene rings is 1. The summed E-state index contributed by atoms with van der Waals surface area (Å²) in [6.45, 7) is 4.88. The second-order valence-corrected chi connectivity index (χ2v) is 6.45. The van der Waals surface area contributed by atoms with Crippen molar-refractivity contribution in [1.82, 2.24) is 9.78 Å². The number of hydrogen-bond acceptors (Lipinski definition) is 5. The standard InChI is InChI=1S/C17H20BrN3O4/c1-10-16(11(2)21(4)20-10)19-17(23)12(3)25-15(22)9-24-14-7-5-13(18)6-8-14/h5-8,12H,9H2,1-4H3,(H,19,23)/t12-/m1/s1. The van der Waals surface area contributed by atoms with E-state index in [1.807, 2.05) is 6.92 Å². The summed E-state index contributed by atoms with van der Waals surface area (Å²) in [5, 5.41) is 6.96. The summed E-state index contributed by atoms with van der Waals surface area (Å²) >= 11 is 3.32. The molecule has 1 aromatic heterocycles. The SMILES string of the molecule is Cc1nn(C)c(C)c1NC(=O)[C@@H](C)OC(=O)COc1ccc(Br)cc1. The number of esters is 1. The molecule has 0 fully saturated rings. The summed E-state index contributed by atoms with van der Waals surface area (Å²) in [5.74, 6) is -0.500.